The van der Waals surface area contributed by atoms with Crippen molar-refractivity contribution in [1.29, 1.82) is 0 Å². The molecule has 3 N–H and O–H groups in total. The number of primary amides is 1. The summed E-state index contributed by atoms with van der Waals surface area (Å²) in [4.78, 5) is 22.4. The van der Waals surface area contributed by atoms with Crippen molar-refractivity contribution >= 4 is 27.5 Å². The Morgan fingerprint density at radius 2 is 1.70 bits per heavy atom. The molecule has 0 fully saturated rings. The molecule has 11 heteroatoms. The maximum atomic E-state index is 13.3. The minimum Gasteiger partial charge on any atom is -0.366 e. The molecular formula is C19H18F3N3O4S. The molecule has 0 unspecified atom stereocenters. The maximum absolute atomic E-state index is 13.3. The molecule has 160 valence electrons. The summed E-state index contributed by atoms with van der Waals surface area (Å²) in [6, 6.07) is 9.18. The number of alkyl halides is 3. The molecule has 0 aliphatic carbocycles. The van der Waals surface area contributed by atoms with Crippen molar-refractivity contribution < 1.29 is 31.2 Å². The number of anilines is 1. The van der Waals surface area contributed by atoms with Gasteiger partial charge in [0, 0.05) is 17.8 Å². The number of sulfonamides is 1. The lowest BCUT2D eigenvalue weighted by molar-refractivity contribution is -0.139. The Labute approximate surface area is 171 Å². The first kappa shape index (κ1) is 23.1. The average molecular weight is 441 g/mol. The number of benzene rings is 2. The van der Waals surface area contributed by atoms with Crippen molar-refractivity contribution in [2.45, 2.75) is 11.1 Å². The van der Waals surface area contributed by atoms with Crippen LogP contribution >= 0.6 is 0 Å². The number of nitrogens with zero attached hydrogens (tertiary/aromatic N) is 1. The summed E-state index contributed by atoms with van der Waals surface area (Å²) in [5, 5.41) is 2.41. The average Bonchev–Trinajstić information content (AvgIpc) is 2.67. The topological polar surface area (TPSA) is 110 Å². The molecule has 0 bridgehead atoms. The second-order valence-corrected chi connectivity index (χ2v) is 7.98. The van der Waals surface area contributed by atoms with Crippen LogP contribution in [0.5, 0.6) is 0 Å². The molecular weight excluding hydrogens is 423 g/mol. The SMILES string of the molecule is C=CCN(CC(=O)Nc1ccc(C(N)=O)cc1)S(=O)(=O)c1ccccc1C(F)(F)F. The molecule has 2 aromatic carbocycles. The normalized spacial score (nSPS) is 11.9. The number of nitrogens with two attached hydrogens (primary N) is 1. The molecule has 0 spiro atoms. The fourth-order valence-electron chi connectivity index (χ4n) is 2.54. The summed E-state index contributed by atoms with van der Waals surface area (Å²) in [7, 11) is -4.66. The lowest BCUT2D eigenvalue weighted by atomic mass is 10.2. The largest absolute Gasteiger partial charge is 0.417 e. The van der Waals surface area contributed by atoms with Crippen molar-refractivity contribution in [3.8, 4) is 0 Å². The number of carbonyl (C=O) groups excluding carboxylic acids is 2. The molecule has 0 saturated carbocycles. The molecule has 0 radical (unpaired) electrons. The summed E-state index contributed by atoms with van der Waals surface area (Å²) >= 11 is 0. The molecule has 0 atom stereocenters. The van der Waals surface area contributed by atoms with Gasteiger partial charge in [-0.1, -0.05) is 18.2 Å². The summed E-state index contributed by atoms with van der Waals surface area (Å²) in [6.45, 7) is 2.25. The van der Waals surface area contributed by atoms with Crippen molar-refractivity contribution in [3.05, 3.63) is 72.3 Å². The zero-order valence-electron chi connectivity index (χ0n) is 15.5. The van der Waals surface area contributed by atoms with Crippen molar-refractivity contribution in [1.82, 2.24) is 4.31 Å². The van der Waals surface area contributed by atoms with Crippen LogP contribution in [0.4, 0.5) is 18.9 Å². The number of halogens is 3. The number of nitrogens with one attached hydrogen (secondary N) is 1. The van der Waals surface area contributed by atoms with E-state index in [0.29, 0.717) is 10.4 Å². The van der Waals surface area contributed by atoms with Crippen LogP contribution in [-0.2, 0) is 21.0 Å². The van der Waals surface area contributed by atoms with E-state index in [9.17, 15) is 31.2 Å². The van der Waals surface area contributed by atoms with Gasteiger partial charge in [-0.05, 0) is 36.4 Å². The first-order chi connectivity index (χ1) is 14.0. The van der Waals surface area contributed by atoms with E-state index in [4.69, 9.17) is 5.73 Å². The zero-order chi connectivity index (χ0) is 22.5. The van der Waals surface area contributed by atoms with Gasteiger partial charge in [0.25, 0.3) is 0 Å². The third-order valence-electron chi connectivity index (χ3n) is 3.92. The molecule has 7 nitrogen and oxygen atoms in total. The van der Waals surface area contributed by atoms with Crippen LogP contribution in [0, 0.1) is 0 Å². The third-order valence-corrected chi connectivity index (χ3v) is 5.79. The van der Waals surface area contributed by atoms with Crippen LogP contribution < -0.4 is 11.1 Å². The van der Waals surface area contributed by atoms with Gasteiger partial charge in [-0.15, -0.1) is 6.58 Å². The molecule has 0 aromatic heterocycles. The van der Waals surface area contributed by atoms with Crippen LogP contribution in [0.15, 0.2) is 66.1 Å². The standard InChI is InChI=1S/C19H18F3N3O4S/c1-2-11-25(12-17(26)24-14-9-7-13(8-10-14)18(23)27)30(28,29)16-6-4-3-5-15(16)19(20,21)22/h2-10H,1,11-12H2,(H2,23,27)(H,24,26). The fraction of sp³-hybridized carbons (Fsp3) is 0.158. The van der Waals surface area contributed by atoms with Crippen molar-refractivity contribution in [3.63, 3.8) is 0 Å². The molecule has 2 aromatic rings. The molecule has 2 amide bonds. The van der Waals surface area contributed by atoms with E-state index in [1.165, 1.54) is 24.3 Å². The molecule has 0 heterocycles. The van der Waals surface area contributed by atoms with Gasteiger partial charge >= 0.3 is 6.18 Å². The van der Waals surface area contributed by atoms with E-state index in [1.54, 1.807) is 0 Å². The van der Waals surface area contributed by atoms with Gasteiger partial charge in [0.2, 0.25) is 21.8 Å². The number of hydrogen-bond donors (Lipinski definition) is 2. The van der Waals surface area contributed by atoms with Crippen LogP contribution in [0.3, 0.4) is 0 Å². The predicted octanol–water partition coefficient (Wildman–Crippen LogP) is 2.62. The van der Waals surface area contributed by atoms with E-state index in [2.05, 4.69) is 11.9 Å². The summed E-state index contributed by atoms with van der Waals surface area (Å²) in [5.41, 5.74) is 4.24. The number of amides is 2. The van der Waals surface area contributed by atoms with Gasteiger partial charge in [0.1, 0.15) is 0 Å². The van der Waals surface area contributed by atoms with Gasteiger partial charge in [0.05, 0.1) is 17.0 Å². The van der Waals surface area contributed by atoms with Crippen LogP contribution in [0.1, 0.15) is 15.9 Å². The Morgan fingerprint density at radius 1 is 1.10 bits per heavy atom. The minimum atomic E-state index is -4.89. The molecule has 0 saturated heterocycles. The number of rotatable bonds is 8. The minimum absolute atomic E-state index is 0.201. The molecule has 0 aliphatic heterocycles. The Balaban J connectivity index is 2.28. The van der Waals surface area contributed by atoms with Gasteiger partial charge in [-0.2, -0.15) is 17.5 Å². The summed E-state index contributed by atoms with van der Waals surface area (Å²) in [5.74, 6) is -1.46. The number of hydrogen-bond acceptors (Lipinski definition) is 4. The van der Waals surface area contributed by atoms with Crippen LogP contribution in [-0.4, -0.2) is 37.6 Å². The van der Waals surface area contributed by atoms with Crippen molar-refractivity contribution in [2.24, 2.45) is 5.73 Å². The smallest absolute Gasteiger partial charge is 0.366 e. The second-order valence-electron chi connectivity index (χ2n) is 6.07. The predicted molar refractivity (Wildman–Crippen MR) is 104 cm³/mol. The Morgan fingerprint density at radius 3 is 2.23 bits per heavy atom. The van der Waals surface area contributed by atoms with E-state index >= 15 is 0 Å². The summed E-state index contributed by atoms with van der Waals surface area (Å²) < 4.78 is 66.0. The molecule has 0 aliphatic rings. The molecule has 30 heavy (non-hydrogen) atoms. The fourth-order valence-corrected chi connectivity index (χ4v) is 4.11. The molecule has 2 rings (SSSR count). The second kappa shape index (κ2) is 9.09. The Bertz CT molecular complexity index is 1050. The lowest BCUT2D eigenvalue weighted by Crippen LogP contribution is -2.38. The van der Waals surface area contributed by atoms with Gasteiger partial charge in [-0.25, -0.2) is 8.42 Å². The van der Waals surface area contributed by atoms with Crippen LogP contribution in [0.2, 0.25) is 0 Å². The maximum Gasteiger partial charge on any atom is 0.417 e. The lowest BCUT2D eigenvalue weighted by Gasteiger charge is -2.22. The van der Waals surface area contributed by atoms with E-state index in [0.717, 1.165) is 24.3 Å². The highest BCUT2D eigenvalue weighted by Gasteiger charge is 2.39. The van der Waals surface area contributed by atoms with Gasteiger partial charge < -0.3 is 11.1 Å². The van der Waals surface area contributed by atoms with E-state index < -0.39 is 45.0 Å². The van der Waals surface area contributed by atoms with E-state index in [1.807, 2.05) is 0 Å². The first-order valence-corrected chi connectivity index (χ1v) is 9.88. The quantitative estimate of drug-likeness (QED) is 0.614. The third kappa shape index (κ3) is 5.45. The monoisotopic (exact) mass is 441 g/mol. The summed E-state index contributed by atoms with van der Waals surface area (Å²) in [6.07, 6.45) is -3.74. The van der Waals surface area contributed by atoms with Crippen LogP contribution in [0.25, 0.3) is 0 Å². The first-order valence-electron chi connectivity index (χ1n) is 8.44. The highest BCUT2D eigenvalue weighted by molar-refractivity contribution is 7.89. The highest BCUT2D eigenvalue weighted by atomic mass is 32.2. The number of carbonyl (C=O) groups is 2. The Kier molecular flexibility index (Phi) is 7.00. The van der Waals surface area contributed by atoms with Gasteiger partial charge in [-0.3, -0.25) is 9.59 Å². The zero-order valence-corrected chi connectivity index (χ0v) is 16.3. The Hall–Kier alpha value is -3.18. The van der Waals surface area contributed by atoms with Crippen molar-refractivity contribution in [2.75, 3.05) is 18.4 Å². The highest BCUT2D eigenvalue weighted by Crippen LogP contribution is 2.35. The van der Waals surface area contributed by atoms with E-state index in [-0.39, 0.29) is 17.8 Å². The van der Waals surface area contributed by atoms with Gasteiger partial charge in [0.15, 0.2) is 0 Å².